The minimum Gasteiger partial charge on any atom is -0.337 e. The van der Waals surface area contributed by atoms with Crippen molar-refractivity contribution in [2.45, 2.75) is 44.6 Å². The van der Waals surface area contributed by atoms with Gasteiger partial charge in [0, 0.05) is 44.7 Å². The fraction of sp³-hybridized carbons (Fsp3) is 0.750. The standard InChI is InChI=1S/C16H27N5O3S.ClH/c1-11-10-17-6-9-21(11)16(22)14-4-7-20(8-5-14)25(23,24)15-12(2)18-19-13(15)3;/h11,14,17H,4-10H2,1-3H3,(H,18,19);1H/t11-;/m1./s1. The lowest BCUT2D eigenvalue weighted by Crippen LogP contribution is -2.55. The van der Waals surface area contributed by atoms with Crippen LogP contribution in [0.3, 0.4) is 0 Å². The van der Waals surface area contributed by atoms with Crippen LogP contribution in [0, 0.1) is 19.8 Å². The summed E-state index contributed by atoms with van der Waals surface area (Å²) in [6, 6.07) is 0.194. The molecule has 8 nitrogen and oxygen atoms in total. The van der Waals surface area contributed by atoms with Crippen LogP contribution < -0.4 is 5.32 Å². The number of nitrogens with zero attached hydrogens (tertiary/aromatic N) is 3. The van der Waals surface area contributed by atoms with Crippen molar-refractivity contribution in [3.05, 3.63) is 11.4 Å². The van der Waals surface area contributed by atoms with Crippen molar-refractivity contribution in [3.63, 3.8) is 0 Å². The highest BCUT2D eigenvalue weighted by atomic mass is 35.5. The highest BCUT2D eigenvalue weighted by molar-refractivity contribution is 7.89. The monoisotopic (exact) mass is 405 g/mol. The fourth-order valence-electron chi connectivity index (χ4n) is 3.80. The number of aryl methyl sites for hydroxylation is 2. The number of aromatic amines is 1. The smallest absolute Gasteiger partial charge is 0.246 e. The van der Waals surface area contributed by atoms with Crippen LogP contribution in [-0.2, 0) is 14.8 Å². The Balaban J connectivity index is 0.00000243. The molecule has 1 aromatic rings. The Kier molecular flexibility index (Phi) is 6.70. The van der Waals surface area contributed by atoms with E-state index in [1.165, 1.54) is 4.31 Å². The number of H-pyrrole nitrogens is 1. The number of carbonyl (C=O) groups excluding carboxylic acids is 1. The van der Waals surface area contributed by atoms with E-state index in [-0.39, 0.29) is 35.2 Å². The van der Waals surface area contributed by atoms with Crippen LogP contribution in [-0.4, -0.2) is 72.5 Å². The molecule has 0 saturated carbocycles. The zero-order valence-electron chi connectivity index (χ0n) is 15.5. The van der Waals surface area contributed by atoms with E-state index >= 15 is 0 Å². The summed E-state index contributed by atoms with van der Waals surface area (Å²) in [5.41, 5.74) is 1.05. The predicted molar refractivity (Wildman–Crippen MR) is 101 cm³/mol. The summed E-state index contributed by atoms with van der Waals surface area (Å²) in [6.45, 7) is 8.58. The largest absolute Gasteiger partial charge is 0.337 e. The van der Waals surface area contributed by atoms with Gasteiger partial charge in [-0.2, -0.15) is 9.40 Å². The van der Waals surface area contributed by atoms with Crippen LogP contribution in [0.1, 0.15) is 31.2 Å². The second kappa shape index (κ2) is 8.24. The van der Waals surface area contributed by atoms with Gasteiger partial charge in [0.15, 0.2) is 0 Å². The molecule has 0 aromatic carbocycles. The second-order valence-corrected chi connectivity index (χ2v) is 8.90. The Morgan fingerprint density at radius 3 is 2.38 bits per heavy atom. The zero-order valence-corrected chi connectivity index (χ0v) is 17.1. The lowest BCUT2D eigenvalue weighted by Gasteiger charge is -2.38. The van der Waals surface area contributed by atoms with Crippen molar-refractivity contribution in [3.8, 4) is 0 Å². The van der Waals surface area contributed by atoms with Gasteiger partial charge in [0.25, 0.3) is 0 Å². The Hall–Kier alpha value is -1.16. The quantitative estimate of drug-likeness (QED) is 0.770. The first-order valence-corrected chi connectivity index (χ1v) is 10.3. The lowest BCUT2D eigenvalue weighted by atomic mass is 9.95. The molecule has 2 aliphatic heterocycles. The molecule has 1 amide bonds. The van der Waals surface area contributed by atoms with Gasteiger partial charge in [-0.05, 0) is 33.6 Å². The summed E-state index contributed by atoms with van der Waals surface area (Å²) in [6.07, 6.45) is 1.15. The molecule has 26 heavy (non-hydrogen) atoms. The molecule has 0 aliphatic carbocycles. The minimum atomic E-state index is -3.56. The third-order valence-electron chi connectivity index (χ3n) is 5.25. The van der Waals surface area contributed by atoms with Crippen LogP contribution in [0.15, 0.2) is 4.90 Å². The maximum Gasteiger partial charge on any atom is 0.246 e. The molecular formula is C16H28ClN5O3S. The molecular weight excluding hydrogens is 378 g/mol. The third kappa shape index (κ3) is 3.90. The minimum absolute atomic E-state index is 0. The lowest BCUT2D eigenvalue weighted by molar-refractivity contribution is -0.139. The van der Waals surface area contributed by atoms with Gasteiger partial charge in [-0.25, -0.2) is 8.42 Å². The van der Waals surface area contributed by atoms with Gasteiger partial charge in [-0.3, -0.25) is 9.89 Å². The highest BCUT2D eigenvalue weighted by Gasteiger charge is 2.36. The average molecular weight is 406 g/mol. The topological polar surface area (TPSA) is 98.4 Å². The number of piperazine rings is 1. The molecule has 10 heteroatoms. The van der Waals surface area contributed by atoms with Crippen LogP contribution >= 0.6 is 12.4 Å². The van der Waals surface area contributed by atoms with E-state index in [2.05, 4.69) is 15.5 Å². The number of piperidine rings is 1. The van der Waals surface area contributed by atoms with Gasteiger partial charge in [-0.1, -0.05) is 0 Å². The summed E-state index contributed by atoms with van der Waals surface area (Å²) < 4.78 is 27.3. The molecule has 2 saturated heterocycles. The highest BCUT2D eigenvalue weighted by Crippen LogP contribution is 2.28. The molecule has 1 atom stereocenters. The summed E-state index contributed by atoms with van der Waals surface area (Å²) in [5.74, 6) is 0.0836. The number of halogens is 1. The second-order valence-electron chi connectivity index (χ2n) is 7.03. The average Bonchev–Trinajstić information content (AvgIpc) is 2.94. The molecule has 0 radical (unpaired) electrons. The Morgan fingerprint density at radius 1 is 1.19 bits per heavy atom. The first-order chi connectivity index (χ1) is 11.8. The van der Waals surface area contributed by atoms with Crippen LogP contribution in [0.2, 0.25) is 0 Å². The number of rotatable bonds is 3. The summed E-state index contributed by atoms with van der Waals surface area (Å²) >= 11 is 0. The van der Waals surface area contributed by atoms with Crippen molar-refractivity contribution in [1.82, 2.24) is 24.7 Å². The zero-order chi connectivity index (χ0) is 18.2. The number of hydrogen-bond acceptors (Lipinski definition) is 5. The first kappa shape index (κ1) is 21.1. The molecule has 148 valence electrons. The van der Waals surface area contributed by atoms with Crippen LogP contribution in [0.4, 0.5) is 0 Å². The normalized spacial score (nSPS) is 22.9. The van der Waals surface area contributed by atoms with E-state index < -0.39 is 10.0 Å². The molecule has 0 spiro atoms. The van der Waals surface area contributed by atoms with E-state index in [1.807, 2.05) is 11.8 Å². The maximum atomic E-state index is 12.9. The van der Waals surface area contributed by atoms with Crippen LogP contribution in [0.25, 0.3) is 0 Å². The van der Waals surface area contributed by atoms with E-state index in [1.54, 1.807) is 13.8 Å². The van der Waals surface area contributed by atoms with E-state index in [9.17, 15) is 13.2 Å². The number of sulfonamides is 1. The number of amides is 1. The van der Waals surface area contributed by atoms with E-state index in [4.69, 9.17) is 0 Å². The SMILES string of the molecule is Cc1n[nH]c(C)c1S(=O)(=O)N1CCC(C(=O)N2CCNC[C@H]2C)CC1.Cl. The van der Waals surface area contributed by atoms with Gasteiger partial charge in [0.1, 0.15) is 4.90 Å². The molecule has 2 N–H and O–H groups in total. The number of hydrogen-bond donors (Lipinski definition) is 2. The van der Waals surface area contributed by atoms with Gasteiger partial charge >= 0.3 is 0 Å². The summed E-state index contributed by atoms with van der Waals surface area (Å²) in [7, 11) is -3.56. The number of nitrogens with one attached hydrogen (secondary N) is 2. The predicted octanol–water partition coefficient (Wildman–Crippen LogP) is 0.669. The maximum absolute atomic E-state index is 12.9. The molecule has 2 aliphatic rings. The molecule has 3 heterocycles. The van der Waals surface area contributed by atoms with Gasteiger partial charge < -0.3 is 10.2 Å². The van der Waals surface area contributed by atoms with Crippen molar-refractivity contribution in [1.29, 1.82) is 0 Å². The molecule has 1 aromatic heterocycles. The molecule has 0 bridgehead atoms. The van der Waals surface area contributed by atoms with Crippen molar-refractivity contribution in [2.24, 2.45) is 5.92 Å². The van der Waals surface area contributed by atoms with Crippen molar-refractivity contribution >= 4 is 28.3 Å². The Morgan fingerprint density at radius 2 is 1.85 bits per heavy atom. The van der Waals surface area contributed by atoms with E-state index in [0.717, 1.165) is 19.6 Å². The van der Waals surface area contributed by atoms with Gasteiger partial charge in [0.2, 0.25) is 15.9 Å². The molecule has 3 rings (SSSR count). The van der Waals surface area contributed by atoms with Gasteiger partial charge in [-0.15, -0.1) is 12.4 Å². The Bertz CT molecular complexity index is 724. The van der Waals surface area contributed by atoms with E-state index in [0.29, 0.717) is 37.3 Å². The summed E-state index contributed by atoms with van der Waals surface area (Å²) in [4.78, 5) is 15.0. The first-order valence-electron chi connectivity index (χ1n) is 8.85. The van der Waals surface area contributed by atoms with Crippen molar-refractivity contribution < 1.29 is 13.2 Å². The number of carbonyl (C=O) groups is 1. The third-order valence-corrected chi connectivity index (χ3v) is 7.41. The van der Waals surface area contributed by atoms with Crippen molar-refractivity contribution in [2.75, 3.05) is 32.7 Å². The Labute approximate surface area is 161 Å². The molecule has 2 fully saturated rings. The van der Waals surface area contributed by atoms with Crippen LogP contribution in [0.5, 0.6) is 0 Å². The number of aromatic nitrogens is 2. The molecule has 0 unspecified atom stereocenters. The van der Waals surface area contributed by atoms with Gasteiger partial charge in [0.05, 0.1) is 11.4 Å². The summed E-state index contributed by atoms with van der Waals surface area (Å²) in [5, 5.41) is 10.0. The fourth-order valence-corrected chi connectivity index (χ4v) is 5.60.